The Hall–Kier alpha value is -2.94. The zero-order valence-electron chi connectivity index (χ0n) is 19.0. The Labute approximate surface area is 192 Å². The molecule has 1 aromatic carbocycles. The van der Waals surface area contributed by atoms with Gasteiger partial charge >= 0.3 is 5.97 Å². The molecule has 0 saturated heterocycles. The molecule has 0 aliphatic carbocycles. The second kappa shape index (κ2) is 11.6. The number of nitrogens with one attached hydrogen (secondary N) is 2. The quantitative estimate of drug-likeness (QED) is 0.519. The van der Waals surface area contributed by atoms with E-state index in [0.29, 0.717) is 23.6 Å². The third-order valence-corrected chi connectivity index (χ3v) is 5.27. The predicted molar refractivity (Wildman–Crippen MR) is 124 cm³/mol. The number of furan rings is 1. The van der Waals surface area contributed by atoms with E-state index >= 15 is 0 Å². The molecule has 2 N–H and O–H groups in total. The molecule has 8 nitrogen and oxygen atoms in total. The van der Waals surface area contributed by atoms with Crippen molar-refractivity contribution in [1.82, 2.24) is 5.32 Å². The highest BCUT2D eigenvalue weighted by molar-refractivity contribution is 7.98. The van der Waals surface area contributed by atoms with E-state index in [1.54, 1.807) is 12.1 Å². The van der Waals surface area contributed by atoms with E-state index in [1.807, 2.05) is 18.4 Å². The number of rotatable bonds is 10. The topological polar surface area (TPSA) is 107 Å². The van der Waals surface area contributed by atoms with E-state index in [9.17, 15) is 14.4 Å². The van der Waals surface area contributed by atoms with Gasteiger partial charge in [0.05, 0.1) is 19.1 Å². The van der Waals surface area contributed by atoms with Gasteiger partial charge in [-0.25, -0.2) is 4.79 Å². The smallest absolute Gasteiger partial charge is 0.329 e. The monoisotopic (exact) mass is 462 g/mol. The van der Waals surface area contributed by atoms with Gasteiger partial charge in [0.25, 0.3) is 11.8 Å². The maximum Gasteiger partial charge on any atom is 0.329 e. The van der Waals surface area contributed by atoms with Gasteiger partial charge in [-0.3, -0.25) is 9.59 Å². The number of thioether (sulfide) groups is 1. The van der Waals surface area contributed by atoms with Gasteiger partial charge in [-0.05, 0) is 53.7 Å². The molecule has 174 valence electrons. The maximum atomic E-state index is 12.5. The van der Waals surface area contributed by atoms with Gasteiger partial charge in [-0.2, -0.15) is 11.8 Å². The van der Waals surface area contributed by atoms with E-state index in [2.05, 4.69) is 31.4 Å². The molecule has 9 heteroatoms. The average Bonchev–Trinajstić information content (AvgIpc) is 3.29. The van der Waals surface area contributed by atoms with Crippen LogP contribution in [0.1, 0.15) is 43.3 Å². The fourth-order valence-corrected chi connectivity index (χ4v) is 3.29. The van der Waals surface area contributed by atoms with Gasteiger partial charge in [0, 0.05) is 0 Å². The Morgan fingerprint density at radius 1 is 1.19 bits per heavy atom. The summed E-state index contributed by atoms with van der Waals surface area (Å²) in [5.74, 6) is -0.502. The highest BCUT2D eigenvalue weighted by Crippen LogP contribution is 2.31. The minimum atomic E-state index is -0.897. The third kappa shape index (κ3) is 7.33. The van der Waals surface area contributed by atoms with Crippen LogP contribution < -0.4 is 15.4 Å². The SMILES string of the molecule is COc1ccc(C(C)(C)C)cc1NC(=O)COC(=O)[C@H](CCSC)NC(=O)c1ccco1. The van der Waals surface area contributed by atoms with Crippen LogP contribution in [0.15, 0.2) is 41.0 Å². The summed E-state index contributed by atoms with van der Waals surface area (Å²) in [7, 11) is 1.51. The lowest BCUT2D eigenvalue weighted by molar-refractivity contribution is -0.149. The maximum absolute atomic E-state index is 12.5. The Kier molecular flexibility index (Phi) is 9.19. The molecule has 0 aliphatic rings. The lowest BCUT2D eigenvalue weighted by Gasteiger charge is -2.21. The summed E-state index contributed by atoms with van der Waals surface area (Å²) >= 11 is 1.53. The first-order valence-corrected chi connectivity index (χ1v) is 11.5. The number of carbonyl (C=O) groups excluding carboxylic acids is 3. The van der Waals surface area contributed by atoms with E-state index in [0.717, 1.165) is 5.56 Å². The first kappa shape index (κ1) is 25.3. The predicted octanol–water partition coefficient (Wildman–Crippen LogP) is 3.62. The first-order valence-electron chi connectivity index (χ1n) is 10.1. The summed E-state index contributed by atoms with van der Waals surface area (Å²) in [5, 5.41) is 5.32. The van der Waals surface area contributed by atoms with Gasteiger partial charge in [-0.15, -0.1) is 0 Å². The lowest BCUT2D eigenvalue weighted by Crippen LogP contribution is -2.43. The number of benzene rings is 1. The van der Waals surface area contributed by atoms with Crippen LogP contribution in [0.3, 0.4) is 0 Å². The number of esters is 1. The summed E-state index contributed by atoms with van der Waals surface area (Å²) in [6, 6.07) is 7.74. The highest BCUT2D eigenvalue weighted by atomic mass is 32.2. The highest BCUT2D eigenvalue weighted by Gasteiger charge is 2.25. The van der Waals surface area contributed by atoms with Crippen molar-refractivity contribution in [3.05, 3.63) is 47.9 Å². The Morgan fingerprint density at radius 3 is 2.53 bits per heavy atom. The van der Waals surface area contributed by atoms with E-state index < -0.39 is 30.4 Å². The van der Waals surface area contributed by atoms with Crippen molar-refractivity contribution in [3.8, 4) is 5.75 Å². The number of carbonyl (C=O) groups is 3. The molecule has 0 aliphatic heterocycles. The van der Waals surface area contributed by atoms with Crippen LogP contribution >= 0.6 is 11.8 Å². The van der Waals surface area contributed by atoms with Crippen LogP contribution in [0.5, 0.6) is 5.75 Å². The van der Waals surface area contributed by atoms with Crippen molar-refractivity contribution >= 4 is 35.2 Å². The fourth-order valence-electron chi connectivity index (χ4n) is 2.82. The number of amides is 2. The average molecular weight is 463 g/mol. The van der Waals surface area contributed by atoms with Crippen LogP contribution in [-0.4, -0.2) is 49.6 Å². The number of hydrogen-bond acceptors (Lipinski definition) is 7. The van der Waals surface area contributed by atoms with E-state index in [-0.39, 0.29) is 11.2 Å². The summed E-state index contributed by atoms with van der Waals surface area (Å²) in [6.45, 7) is 5.70. The molecular weight excluding hydrogens is 432 g/mol. The molecule has 0 bridgehead atoms. The van der Waals surface area contributed by atoms with Gasteiger partial charge in [0.15, 0.2) is 12.4 Å². The number of anilines is 1. The zero-order chi connectivity index (χ0) is 23.7. The van der Waals surface area contributed by atoms with E-state index in [1.165, 1.54) is 31.2 Å². The number of methoxy groups -OCH3 is 1. The molecule has 1 aromatic heterocycles. The Bertz CT molecular complexity index is 921. The van der Waals surface area contributed by atoms with Gasteiger partial charge in [0.2, 0.25) is 0 Å². The molecule has 32 heavy (non-hydrogen) atoms. The van der Waals surface area contributed by atoms with Crippen LogP contribution in [0.25, 0.3) is 0 Å². The second-order valence-electron chi connectivity index (χ2n) is 8.11. The summed E-state index contributed by atoms with van der Waals surface area (Å²) in [6.07, 6.45) is 3.62. The minimum Gasteiger partial charge on any atom is -0.495 e. The van der Waals surface area contributed by atoms with Gasteiger partial charge in [0.1, 0.15) is 11.8 Å². The minimum absolute atomic E-state index is 0.0931. The third-order valence-electron chi connectivity index (χ3n) is 4.63. The largest absolute Gasteiger partial charge is 0.495 e. The molecule has 1 atom stereocenters. The standard InChI is InChI=1S/C23H30N2O6S/c1-23(2,3)15-8-9-18(29-4)17(13-15)24-20(26)14-31-22(28)16(10-12-32-5)25-21(27)19-7-6-11-30-19/h6-9,11,13,16H,10,12,14H2,1-5H3,(H,24,26)(H,25,27)/t16-/m0/s1. The Balaban J connectivity index is 2.00. The summed E-state index contributed by atoms with van der Waals surface area (Å²) in [5.41, 5.74) is 1.39. The Morgan fingerprint density at radius 2 is 1.94 bits per heavy atom. The fraction of sp³-hybridized carbons (Fsp3) is 0.435. The van der Waals surface area contributed by atoms with E-state index in [4.69, 9.17) is 13.9 Å². The molecule has 2 amide bonds. The summed E-state index contributed by atoms with van der Waals surface area (Å²) in [4.78, 5) is 37.2. The van der Waals surface area contributed by atoms with Crippen molar-refractivity contribution in [2.75, 3.05) is 31.0 Å². The molecule has 2 rings (SSSR count). The van der Waals surface area contributed by atoms with Crippen LogP contribution in [0.2, 0.25) is 0 Å². The van der Waals surface area contributed by atoms with Gasteiger partial charge in [-0.1, -0.05) is 26.8 Å². The molecule has 2 aromatic rings. The summed E-state index contributed by atoms with van der Waals surface area (Å²) < 4.78 is 15.6. The van der Waals surface area contributed by atoms with Crippen LogP contribution in [0, 0.1) is 0 Å². The van der Waals surface area contributed by atoms with Crippen molar-refractivity contribution < 1.29 is 28.3 Å². The van der Waals surface area contributed by atoms with Crippen molar-refractivity contribution in [2.24, 2.45) is 0 Å². The number of ether oxygens (including phenoxy) is 2. The first-order chi connectivity index (χ1) is 15.2. The van der Waals surface area contributed by atoms with Crippen LogP contribution in [0.4, 0.5) is 5.69 Å². The lowest BCUT2D eigenvalue weighted by atomic mass is 9.87. The molecule has 1 heterocycles. The van der Waals surface area contributed by atoms with Gasteiger partial charge < -0.3 is 24.5 Å². The number of hydrogen-bond donors (Lipinski definition) is 2. The normalized spacial score (nSPS) is 12.0. The second-order valence-corrected chi connectivity index (χ2v) is 9.09. The van der Waals surface area contributed by atoms with Crippen molar-refractivity contribution in [1.29, 1.82) is 0 Å². The molecule has 0 saturated carbocycles. The van der Waals surface area contributed by atoms with Crippen LogP contribution in [-0.2, 0) is 19.7 Å². The van der Waals surface area contributed by atoms with Crippen molar-refractivity contribution in [3.63, 3.8) is 0 Å². The molecule has 0 fully saturated rings. The molecule has 0 unspecified atom stereocenters. The van der Waals surface area contributed by atoms with Crippen molar-refractivity contribution in [2.45, 2.75) is 38.6 Å². The molecule has 0 spiro atoms. The zero-order valence-corrected chi connectivity index (χ0v) is 19.8. The molecular formula is C23H30N2O6S. The molecule has 0 radical (unpaired) electrons.